The first-order valence-electron chi connectivity index (χ1n) is 10.5. The van der Waals surface area contributed by atoms with E-state index in [2.05, 4.69) is 26.8 Å². The molecule has 8 nitrogen and oxygen atoms in total. The van der Waals surface area contributed by atoms with Crippen LogP contribution in [0.5, 0.6) is 0 Å². The maximum atomic E-state index is 12.9. The van der Waals surface area contributed by atoms with Crippen LogP contribution in [0.15, 0.2) is 34.1 Å². The molecular formula is C22H33N5O3. The van der Waals surface area contributed by atoms with E-state index in [1.807, 2.05) is 45.0 Å². The molecule has 0 bridgehead atoms. The molecule has 1 saturated heterocycles. The standard InChI is InChI=1S/C22H33N5O3/c1-22(2,3)15-17(20(28)29)23-19-16-7-5-6-8-18(16)27(21(30)24-19)14-13-26-11-9-25(4)10-12-26/h5-8,17H,9-15H2,1-4H3,(H,28,29)(H,23,24,30). The monoisotopic (exact) mass is 415 g/mol. The Bertz CT molecular complexity index is 1010. The van der Waals surface area contributed by atoms with Gasteiger partial charge in [0, 0.05) is 44.7 Å². The van der Waals surface area contributed by atoms with Crippen LogP contribution in [0, 0.1) is 5.41 Å². The van der Waals surface area contributed by atoms with Crippen LogP contribution in [0.1, 0.15) is 27.2 Å². The maximum Gasteiger partial charge on any atom is 0.328 e. The summed E-state index contributed by atoms with van der Waals surface area (Å²) in [6.07, 6.45) is 0.386. The Hall–Kier alpha value is -2.45. The van der Waals surface area contributed by atoms with E-state index in [0.29, 0.717) is 18.5 Å². The summed E-state index contributed by atoms with van der Waals surface area (Å²) in [7, 11) is 2.12. The molecule has 2 aromatic rings. The molecule has 0 saturated carbocycles. The Morgan fingerprint density at radius 2 is 1.83 bits per heavy atom. The molecule has 1 fully saturated rings. The van der Waals surface area contributed by atoms with E-state index >= 15 is 0 Å². The van der Waals surface area contributed by atoms with Gasteiger partial charge in [0.15, 0.2) is 0 Å². The highest BCUT2D eigenvalue weighted by Crippen LogP contribution is 2.22. The van der Waals surface area contributed by atoms with E-state index in [1.165, 1.54) is 0 Å². The lowest BCUT2D eigenvalue weighted by Crippen LogP contribution is -2.46. The van der Waals surface area contributed by atoms with Crippen molar-refractivity contribution < 1.29 is 9.90 Å². The van der Waals surface area contributed by atoms with Gasteiger partial charge in [-0.05, 0) is 31.0 Å². The predicted octanol–water partition coefficient (Wildman–Crippen LogP) is 1.37. The Morgan fingerprint density at radius 3 is 2.47 bits per heavy atom. The van der Waals surface area contributed by atoms with Crippen molar-refractivity contribution in [2.75, 3.05) is 39.8 Å². The fourth-order valence-corrected chi connectivity index (χ4v) is 3.82. The van der Waals surface area contributed by atoms with Gasteiger partial charge in [-0.15, -0.1) is 0 Å². The summed E-state index contributed by atoms with van der Waals surface area (Å²) in [6, 6.07) is 6.64. The normalized spacial score (nSPS) is 18.1. The minimum absolute atomic E-state index is 0.195. The molecule has 0 radical (unpaired) electrons. The maximum absolute atomic E-state index is 12.9. The van der Waals surface area contributed by atoms with Crippen LogP contribution in [0.4, 0.5) is 0 Å². The number of rotatable bonds is 6. The van der Waals surface area contributed by atoms with Gasteiger partial charge in [-0.1, -0.05) is 32.9 Å². The zero-order valence-corrected chi connectivity index (χ0v) is 18.4. The topological polar surface area (TPSA) is 93.9 Å². The number of carboxylic acid groups (broad SMARTS) is 1. The second-order valence-corrected chi connectivity index (χ2v) is 9.34. The first-order chi connectivity index (χ1) is 14.1. The van der Waals surface area contributed by atoms with Gasteiger partial charge >= 0.3 is 11.7 Å². The van der Waals surface area contributed by atoms with Gasteiger partial charge in [0.25, 0.3) is 0 Å². The van der Waals surface area contributed by atoms with Crippen LogP contribution >= 0.6 is 0 Å². The van der Waals surface area contributed by atoms with Crippen molar-refractivity contribution in [3.05, 3.63) is 40.2 Å². The minimum Gasteiger partial charge on any atom is -0.480 e. The van der Waals surface area contributed by atoms with E-state index < -0.39 is 12.0 Å². The number of para-hydroxylation sites is 1. The van der Waals surface area contributed by atoms with Crippen LogP contribution in [-0.4, -0.2) is 76.2 Å². The lowest BCUT2D eigenvalue weighted by molar-refractivity contribution is -0.139. The average Bonchev–Trinajstić information content (AvgIpc) is 2.67. The smallest absolute Gasteiger partial charge is 0.328 e. The molecular weight excluding hydrogens is 382 g/mol. The second-order valence-electron chi connectivity index (χ2n) is 9.34. The second kappa shape index (κ2) is 9.14. The SMILES string of the molecule is CN1CCN(CCn2c(=O)[nH]c(=NC(CC(C)(C)C)C(=O)O)c3ccccc32)CC1. The van der Waals surface area contributed by atoms with Crippen molar-refractivity contribution in [2.24, 2.45) is 10.4 Å². The number of hydrogen-bond acceptors (Lipinski definition) is 5. The molecule has 2 N–H and O–H groups in total. The third kappa shape index (κ3) is 5.58. The molecule has 8 heteroatoms. The first kappa shape index (κ1) is 22.2. The summed E-state index contributed by atoms with van der Waals surface area (Å²) in [6.45, 7) is 11.4. The quantitative estimate of drug-likeness (QED) is 0.743. The van der Waals surface area contributed by atoms with Gasteiger partial charge in [-0.2, -0.15) is 0 Å². The molecule has 0 aliphatic carbocycles. The summed E-state index contributed by atoms with van der Waals surface area (Å²) in [5.74, 6) is -0.985. The van der Waals surface area contributed by atoms with E-state index in [0.717, 1.165) is 43.6 Å². The molecule has 1 aromatic carbocycles. The Labute approximate surface area is 176 Å². The third-order valence-corrected chi connectivity index (χ3v) is 5.53. The number of fused-ring (bicyclic) bond motifs is 1. The van der Waals surface area contributed by atoms with Gasteiger partial charge in [0.2, 0.25) is 0 Å². The fraction of sp³-hybridized carbons (Fsp3) is 0.591. The van der Waals surface area contributed by atoms with Crippen LogP contribution in [0.25, 0.3) is 10.9 Å². The van der Waals surface area contributed by atoms with E-state index in [4.69, 9.17) is 0 Å². The first-order valence-corrected chi connectivity index (χ1v) is 10.5. The van der Waals surface area contributed by atoms with Gasteiger partial charge in [-0.3, -0.25) is 19.4 Å². The van der Waals surface area contributed by atoms with Crippen LogP contribution in [0.2, 0.25) is 0 Å². The summed E-state index contributed by atoms with van der Waals surface area (Å²) < 4.78 is 1.73. The number of nitrogens with one attached hydrogen (secondary N) is 1. The number of likely N-dealkylation sites (N-methyl/N-ethyl adjacent to an activating group) is 1. The Balaban J connectivity index is 1.96. The van der Waals surface area contributed by atoms with Crippen molar-refractivity contribution in [1.29, 1.82) is 0 Å². The average molecular weight is 416 g/mol. The summed E-state index contributed by atoms with van der Waals surface area (Å²) in [4.78, 5) is 36.6. The number of piperazine rings is 1. The van der Waals surface area contributed by atoms with Crippen LogP contribution in [-0.2, 0) is 11.3 Å². The molecule has 3 rings (SSSR count). The number of aromatic nitrogens is 2. The lowest BCUT2D eigenvalue weighted by atomic mass is 9.88. The van der Waals surface area contributed by atoms with Gasteiger partial charge in [0.05, 0.1) is 5.52 Å². The summed E-state index contributed by atoms with van der Waals surface area (Å²) in [5, 5.41) is 10.4. The summed E-state index contributed by atoms with van der Waals surface area (Å²) >= 11 is 0. The molecule has 0 spiro atoms. The van der Waals surface area contributed by atoms with Gasteiger partial charge < -0.3 is 10.0 Å². The fourth-order valence-electron chi connectivity index (χ4n) is 3.82. The van der Waals surface area contributed by atoms with Crippen molar-refractivity contribution in [3.63, 3.8) is 0 Å². The number of carboxylic acids is 1. The third-order valence-electron chi connectivity index (χ3n) is 5.53. The largest absolute Gasteiger partial charge is 0.480 e. The minimum atomic E-state index is -0.985. The number of aromatic amines is 1. The predicted molar refractivity (Wildman–Crippen MR) is 118 cm³/mol. The van der Waals surface area contributed by atoms with E-state index in [-0.39, 0.29) is 11.1 Å². The zero-order valence-electron chi connectivity index (χ0n) is 18.4. The molecule has 30 heavy (non-hydrogen) atoms. The molecule has 2 heterocycles. The molecule has 1 atom stereocenters. The number of hydrogen-bond donors (Lipinski definition) is 2. The van der Waals surface area contributed by atoms with Gasteiger partial charge in [-0.25, -0.2) is 9.59 Å². The Morgan fingerprint density at radius 1 is 1.17 bits per heavy atom. The molecule has 1 aromatic heterocycles. The zero-order chi connectivity index (χ0) is 21.9. The number of aliphatic carboxylic acids is 1. The van der Waals surface area contributed by atoms with E-state index in [1.54, 1.807) is 4.57 Å². The molecule has 1 aliphatic heterocycles. The lowest BCUT2D eigenvalue weighted by Gasteiger charge is -2.32. The van der Waals surface area contributed by atoms with Crippen molar-refractivity contribution >= 4 is 16.9 Å². The highest BCUT2D eigenvalue weighted by molar-refractivity contribution is 5.78. The number of carbonyl (C=O) groups is 1. The molecule has 164 valence electrons. The van der Waals surface area contributed by atoms with E-state index in [9.17, 15) is 14.7 Å². The Kier molecular flexibility index (Phi) is 6.77. The molecule has 1 unspecified atom stereocenters. The molecule has 0 amide bonds. The number of benzene rings is 1. The summed E-state index contributed by atoms with van der Waals surface area (Å²) in [5.41, 5.74) is 0.651. The van der Waals surface area contributed by atoms with Gasteiger partial charge in [0.1, 0.15) is 11.5 Å². The number of nitrogens with zero attached hydrogens (tertiary/aromatic N) is 4. The highest BCUT2D eigenvalue weighted by atomic mass is 16.4. The number of H-pyrrole nitrogens is 1. The van der Waals surface area contributed by atoms with Crippen molar-refractivity contribution in [3.8, 4) is 0 Å². The molecule has 1 aliphatic rings. The van der Waals surface area contributed by atoms with Crippen LogP contribution < -0.4 is 11.2 Å². The van der Waals surface area contributed by atoms with Crippen molar-refractivity contribution in [2.45, 2.75) is 39.8 Å². The van der Waals surface area contributed by atoms with Crippen molar-refractivity contribution in [1.82, 2.24) is 19.4 Å². The van der Waals surface area contributed by atoms with Crippen LogP contribution in [0.3, 0.4) is 0 Å². The highest BCUT2D eigenvalue weighted by Gasteiger charge is 2.24.